The molecular weight excluding hydrogens is 243 g/mol. The van der Waals surface area contributed by atoms with E-state index in [2.05, 4.69) is 18.7 Å². The van der Waals surface area contributed by atoms with Crippen molar-refractivity contribution >= 4 is 0 Å². The third-order valence-electron chi connectivity index (χ3n) is 3.06. The zero-order valence-corrected chi connectivity index (χ0v) is 10.4. The van der Waals surface area contributed by atoms with E-state index in [9.17, 15) is 13.2 Å². The lowest BCUT2D eigenvalue weighted by atomic mass is 10.1. The van der Waals surface area contributed by atoms with Crippen molar-refractivity contribution in [2.45, 2.75) is 39.2 Å². The number of hydrogen-bond acceptors (Lipinski definition) is 2. The summed E-state index contributed by atoms with van der Waals surface area (Å²) in [6.07, 6.45) is -4.29. The number of alkyl halides is 3. The molecule has 0 bridgehead atoms. The van der Waals surface area contributed by atoms with Crippen LogP contribution in [-0.2, 0) is 13.1 Å². The first-order valence-corrected chi connectivity index (χ1v) is 5.90. The molecule has 0 N–H and O–H groups in total. The number of rotatable bonds is 3. The number of benzene rings is 1. The molecule has 18 heavy (non-hydrogen) atoms. The summed E-state index contributed by atoms with van der Waals surface area (Å²) >= 11 is 0. The Labute approximate surface area is 104 Å². The van der Waals surface area contributed by atoms with Gasteiger partial charge in [-0.3, -0.25) is 4.90 Å². The number of ether oxygens (including phenoxy) is 1. The molecule has 1 aromatic carbocycles. The van der Waals surface area contributed by atoms with E-state index in [1.807, 2.05) is 6.07 Å². The quantitative estimate of drug-likeness (QED) is 0.825. The summed E-state index contributed by atoms with van der Waals surface area (Å²) < 4.78 is 40.9. The molecule has 1 aliphatic rings. The van der Waals surface area contributed by atoms with Crippen molar-refractivity contribution in [2.75, 3.05) is 6.61 Å². The Balaban J connectivity index is 2.04. The molecule has 0 aliphatic carbocycles. The molecule has 0 saturated heterocycles. The van der Waals surface area contributed by atoms with Gasteiger partial charge in [0.05, 0.1) is 0 Å². The van der Waals surface area contributed by atoms with Gasteiger partial charge in [-0.1, -0.05) is 6.07 Å². The molecule has 2 nitrogen and oxygen atoms in total. The topological polar surface area (TPSA) is 12.5 Å². The summed E-state index contributed by atoms with van der Waals surface area (Å²) in [6, 6.07) is 5.60. The molecule has 1 aromatic rings. The van der Waals surface area contributed by atoms with Crippen LogP contribution in [-0.4, -0.2) is 23.7 Å². The number of fused-ring (bicyclic) bond motifs is 1. The lowest BCUT2D eigenvalue weighted by Gasteiger charge is -2.18. The molecule has 100 valence electrons. The van der Waals surface area contributed by atoms with Crippen LogP contribution in [0.15, 0.2) is 18.2 Å². The van der Waals surface area contributed by atoms with Crippen LogP contribution < -0.4 is 4.74 Å². The van der Waals surface area contributed by atoms with Gasteiger partial charge in [-0.2, -0.15) is 13.2 Å². The summed E-state index contributed by atoms with van der Waals surface area (Å²) in [4.78, 5) is 2.26. The first-order chi connectivity index (χ1) is 8.35. The molecule has 0 fully saturated rings. The molecule has 1 aliphatic heterocycles. The predicted molar refractivity (Wildman–Crippen MR) is 62.4 cm³/mol. The monoisotopic (exact) mass is 259 g/mol. The first-order valence-electron chi connectivity index (χ1n) is 5.90. The second-order valence-electron chi connectivity index (χ2n) is 4.83. The van der Waals surface area contributed by atoms with Crippen LogP contribution in [0.3, 0.4) is 0 Å². The van der Waals surface area contributed by atoms with Crippen molar-refractivity contribution < 1.29 is 17.9 Å². The Kier molecular flexibility index (Phi) is 3.52. The van der Waals surface area contributed by atoms with Crippen LogP contribution >= 0.6 is 0 Å². The minimum Gasteiger partial charge on any atom is -0.484 e. The van der Waals surface area contributed by atoms with Crippen molar-refractivity contribution in [3.63, 3.8) is 0 Å². The van der Waals surface area contributed by atoms with Crippen molar-refractivity contribution in [1.82, 2.24) is 4.90 Å². The third-order valence-corrected chi connectivity index (χ3v) is 3.06. The molecule has 0 saturated carbocycles. The van der Waals surface area contributed by atoms with E-state index >= 15 is 0 Å². The smallest absolute Gasteiger partial charge is 0.422 e. The van der Waals surface area contributed by atoms with Gasteiger partial charge in [0.1, 0.15) is 5.75 Å². The SMILES string of the molecule is CC(C)N1Cc2ccc(OCC(F)(F)F)cc2C1. The van der Waals surface area contributed by atoms with E-state index in [-0.39, 0.29) is 5.75 Å². The largest absolute Gasteiger partial charge is 0.484 e. The summed E-state index contributed by atoms with van der Waals surface area (Å²) in [6.45, 7) is 4.60. The van der Waals surface area contributed by atoms with Gasteiger partial charge in [-0.15, -0.1) is 0 Å². The summed E-state index contributed by atoms with van der Waals surface area (Å²) in [5, 5.41) is 0. The van der Waals surface area contributed by atoms with Gasteiger partial charge in [0.2, 0.25) is 0 Å². The second kappa shape index (κ2) is 4.80. The Morgan fingerprint density at radius 2 is 1.89 bits per heavy atom. The second-order valence-corrected chi connectivity index (χ2v) is 4.83. The summed E-state index contributed by atoms with van der Waals surface area (Å²) in [5.74, 6) is 0.289. The van der Waals surface area contributed by atoms with E-state index in [1.165, 1.54) is 5.56 Å². The van der Waals surface area contributed by atoms with Crippen LogP contribution in [0.5, 0.6) is 5.75 Å². The van der Waals surface area contributed by atoms with Gasteiger partial charge in [-0.25, -0.2) is 0 Å². The summed E-state index contributed by atoms with van der Waals surface area (Å²) in [5.41, 5.74) is 2.23. The van der Waals surface area contributed by atoms with Crippen molar-refractivity contribution in [3.8, 4) is 5.75 Å². The maximum Gasteiger partial charge on any atom is 0.422 e. The highest BCUT2D eigenvalue weighted by atomic mass is 19.4. The van der Waals surface area contributed by atoms with Gasteiger partial charge >= 0.3 is 6.18 Å². The molecular formula is C13H16F3NO. The molecule has 5 heteroatoms. The van der Waals surface area contributed by atoms with Gasteiger partial charge < -0.3 is 4.74 Å². The maximum absolute atomic E-state index is 12.1. The fraction of sp³-hybridized carbons (Fsp3) is 0.538. The molecule has 1 heterocycles. The lowest BCUT2D eigenvalue weighted by Crippen LogP contribution is -2.24. The van der Waals surface area contributed by atoms with Crippen LogP contribution in [0.4, 0.5) is 13.2 Å². The number of nitrogens with zero attached hydrogens (tertiary/aromatic N) is 1. The highest BCUT2D eigenvalue weighted by Gasteiger charge is 2.29. The van der Waals surface area contributed by atoms with Gasteiger partial charge in [0.25, 0.3) is 0 Å². The van der Waals surface area contributed by atoms with E-state index < -0.39 is 12.8 Å². The van der Waals surface area contributed by atoms with Gasteiger partial charge in [0.15, 0.2) is 6.61 Å². The van der Waals surface area contributed by atoms with E-state index in [0.717, 1.165) is 18.7 Å². The third kappa shape index (κ3) is 3.16. The fourth-order valence-corrected chi connectivity index (χ4v) is 2.02. The number of halogens is 3. The molecule has 0 aromatic heterocycles. The van der Waals surface area contributed by atoms with Gasteiger partial charge in [-0.05, 0) is 37.1 Å². The minimum absolute atomic E-state index is 0.289. The molecule has 0 atom stereocenters. The molecule has 0 spiro atoms. The van der Waals surface area contributed by atoms with Crippen LogP contribution in [0, 0.1) is 0 Å². The lowest BCUT2D eigenvalue weighted by molar-refractivity contribution is -0.153. The van der Waals surface area contributed by atoms with E-state index in [0.29, 0.717) is 6.04 Å². The Morgan fingerprint density at radius 3 is 2.50 bits per heavy atom. The zero-order chi connectivity index (χ0) is 13.3. The van der Waals surface area contributed by atoms with Crippen molar-refractivity contribution in [1.29, 1.82) is 0 Å². The highest BCUT2D eigenvalue weighted by Crippen LogP contribution is 2.28. The molecule has 0 radical (unpaired) electrons. The van der Waals surface area contributed by atoms with Crippen molar-refractivity contribution in [2.24, 2.45) is 0 Å². The van der Waals surface area contributed by atoms with Crippen LogP contribution in [0.2, 0.25) is 0 Å². The Morgan fingerprint density at radius 1 is 1.22 bits per heavy atom. The molecule has 0 amide bonds. The first kappa shape index (κ1) is 13.2. The highest BCUT2D eigenvalue weighted by molar-refractivity contribution is 5.38. The van der Waals surface area contributed by atoms with Gasteiger partial charge in [0, 0.05) is 19.1 Å². The van der Waals surface area contributed by atoms with Crippen LogP contribution in [0.1, 0.15) is 25.0 Å². The molecule has 2 rings (SSSR count). The van der Waals surface area contributed by atoms with E-state index in [1.54, 1.807) is 12.1 Å². The maximum atomic E-state index is 12.1. The van der Waals surface area contributed by atoms with Crippen molar-refractivity contribution in [3.05, 3.63) is 29.3 Å². The minimum atomic E-state index is -4.29. The number of hydrogen-bond donors (Lipinski definition) is 0. The normalized spacial score (nSPS) is 16.1. The Bertz CT molecular complexity index is 429. The van der Waals surface area contributed by atoms with Crippen LogP contribution in [0.25, 0.3) is 0 Å². The fourth-order valence-electron chi connectivity index (χ4n) is 2.02. The van der Waals surface area contributed by atoms with E-state index in [4.69, 9.17) is 4.74 Å². The Hall–Kier alpha value is -1.23. The zero-order valence-electron chi connectivity index (χ0n) is 10.4. The summed E-state index contributed by atoms with van der Waals surface area (Å²) in [7, 11) is 0. The molecule has 0 unspecified atom stereocenters. The average molecular weight is 259 g/mol. The predicted octanol–water partition coefficient (Wildman–Crippen LogP) is 3.35. The average Bonchev–Trinajstić information content (AvgIpc) is 2.68. The standard InChI is InChI=1S/C13H16F3NO/c1-9(2)17-6-10-3-4-12(5-11(10)7-17)18-8-13(14,15)16/h3-5,9H,6-8H2,1-2H3.